The molecule has 0 saturated heterocycles. The summed E-state index contributed by atoms with van der Waals surface area (Å²) in [6.07, 6.45) is -4.38. The van der Waals surface area contributed by atoms with Crippen LogP contribution in [0.2, 0.25) is 0 Å². The van der Waals surface area contributed by atoms with Gasteiger partial charge in [-0.1, -0.05) is 54.6 Å². The second kappa shape index (κ2) is 7.50. The first kappa shape index (κ1) is 18.5. The molecule has 2 aromatic rings. The van der Waals surface area contributed by atoms with Crippen LogP contribution in [0.5, 0.6) is 0 Å². The largest absolute Gasteiger partial charge is 0.406 e. The van der Waals surface area contributed by atoms with E-state index >= 15 is 0 Å². The number of benzene rings is 2. The van der Waals surface area contributed by atoms with E-state index in [9.17, 15) is 18.0 Å². The first-order valence-electron chi connectivity index (χ1n) is 8.49. The molecule has 0 unspecified atom stereocenters. The molecule has 3 nitrogen and oxygen atoms in total. The molecule has 2 aromatic carbocycles. The van der Waals surface area contributed by atoms with Gasteiger partial charge in [0.15, 0.2) is 0 Å². The zero-order valence-electron chi connectivity index (χ0n) is 14.5. The number of carbonyl (C=O) groups excluding carboxylic acids is 1. The fourth-order valence-electron chi connectivity index (χ4n) is 3.44. The third-order valence-corrected chi connectivity index (χ3v) is 4.67. The number of amides is 1. The van der Waals surface area contributed by atoms with Gasteiger partial charge in [0.2, 0.25) is 5.91 Å². The fraction of sp³-hybridized carbons (Fsp3) is 0.350. The number of halogens is 3. The highest BCUT2D eigenvalue weighted by atomic mass is 19.4. The molecule has 1 amide bonds. The lowest BCUT2D eigenvalue weighted by Gasteiger charge is -2.35. The van der Waals surface area contributed by atoms with Crippen molar-refractivity contribution in [2.45, 2.75) is 18.6 Å². The predicted octanol–water partition coefficient (Wildman–Crippen LogP) is 3.65. The Morgan fingerprint density at radius 1 is 1.12 bits per heavy atom. The van der Waals surface area contributed by atoms with Crippen LogP contribution < -0.4 is 0 Å². The average molecular weight is 362 g/mol. The zero-order chi connectivity index (χ0) is 18.7. The van der Waals surface area contributed by atoms with E-state index in [1.807, 2.05) is 53.4 Å². The Balaban J connectivity index is 1.78. The van der Waals surface area contributed by atoms with Crippen LogP contribution in [-0.2, 0) is 11.3 Å². The Bertz CT molecular complexity index is 761. The predicted molar refractivity (Wildman–Crippen MR) is 93.7 cm³/mol. The molecular weight excluding hydrogens is 341 g/mol. The molecule has 0 aliphatic carbocycles. The van der Waals surface area contributed by atoms with Crippen LogP contribution in [0, 0.1) is 0 Å². The first-order valence-corrected chi connectivity index (χ1v) is 8.49. The lowest BCUT2D eigenvalue weighted by Crippen LogP contribution is -2.44. The summed E-state index contributed by atoms with van der Waals surface area (Å²) in [7, 11) is 1.20. The van der Waals surface area contributed by atoms with Gasteiger partial charge in [-0.15, -0.1) is 0 Å². The van der Waals surface area contributed by atoms with Crippen LogP contribution in [-0.4, -0.2) is 48.6 Å². The number of nitrogens with zero attached hydrogens (tertiary/aromatic N) is 2. The third kappa shape index (κ3) is 4.43. The van der Waals surface area contributed by atoms with E-state index in [1.54, 1.807) is 0 Å². The molecule has 1 heterocycles. The van der Waals surface area contributed by atoms with Crippen molar-refractivity contribution in [1.82, 2.24) is 9.80 Å². The van der Waals surface area contributed by atoms with Crippen LogP contribution in [0.3, 0.4) is 0 Å². The van der Waals surface area contributed by atoms with Gasteiger partial charge in [0, 0.05) is 26.1 Å². The first-order chi connectivity index (χ1) is 12.3. The molecule has 0 fully saturated rings. The van der Waals surface area contributed by atoms with Gasteiger partial charge in [0.05, 0.1) is 6.54 Å². The second-order valence-electron chi connectivity index (χ2n) is 6.70. The van der Waals surface area contributed by atoms with Crippen molar-refractivity contribution >= 4 is 5.91 Å². The molecule has 1 aliphatic rings. The van der Waals surface area contributed by atoms with Crippen molar-refractivity contribution in [2.24, 2.45) is 0 Å². The molecule has 138 valence electrons. The summed E-state index contributed by atoms with van der Waals surface area (Å²) < 4.78 is 37.6. The van der Waals surface area contributed by atoms with Crippen LogP contribution in [0.15, 0.2) is 54.6 Å². The summed E-state index contributed by atoms with van der Waals surface area (Å²) in [6, 6.07) is 18.0. The highest BCUT2D eigenvalue weighted by molar-refractivity contribution is 5.78. The van der Waals surface area contributed by atoms with Crippen LogP contribution >= 0.6 is 0 Å². The summed E-state index contributed by atoms with van der Waals surface area (Å²) in [5.74, 6) is -0.421. The van der Waals surface area contributed by atoms with Crippen molar-refractivity contribution in [3.8, 4) is 0 Å². The topological polar surface area (TPSA) is 23.6 Å². The second-order valence-corrected chi connectivity index (χ2v) is 6.70. The Kier molecular flexibility index (Phi) is 5.32. The van der Waals surface area contributed by atoms with Crippen molar-refractivity contribution in [3.05, 3.63) is 71.3 Å². The van der Waals surface area contributed by atoms with Crippen molar-refractivity contribution < 1.29 is 18.0 Å². The monoisotopic (exact) mass is 362 g/mol. The molecule has 1 aliphatic heterocycles. The van der Waals surface area contributed by atoms with Crippen LogP contribution in [0.1, 0.15) is 22.6 Å². The van der Waals surface area contributed by atoms with Crippen molar-refractivity contribution in [1.29, 1.82) is 0 Å². The molecule has 0 spiro atoms. The normalized spacial score (nSPS) is 17.6. The number of fused-ring (bicyclic) bond motifs is 1. The number of likely N-dealkylation sites (N-methyl/N-ethyl adjacent to an activating group) is 1. The Hall–Kier alpha value is -2.34. The van der Waals surface area contributed by atoms with Gasteiger partial charge in [-0.2, -0.15) is 13.2 Å². The fourth-order valence-corrected chi connectivity index (χ4v) is 3.44. The van der Waals surface area contributed by atoms with Gasteiger partial charge in [-0.05, 0) is 16.7 Å². The third-order valence-electron chi connectivity index (χ3n) is 4.67. The summed E-state index contributed by atoms with van der Waals surface area (Å²) in [5.41, 5.74) is 3.46. The van der Waals surface area contributed by atoms with E-state index in [0.29, 0.717) is 13.1 Å². The Labute approximate surface area is 151 Å². The number of hydrogen-bond acceptors (Lipinski definition) is 2. The molecule has 3 rings (SSSR count). The minimum absolute atomic E-state index is 0.0236. The molecule has 0 aromatic heterocycles. The molecule has 0 radical (unpaired) electrons. The van der Waals surface area contributed by atoms with Crippen molar-refractivity contribution in [3.63, 3.8) is 0 Å². The lowest BCUT2D eigenvalue weighted by atomic mass is 9.84. The summed E-state index contributed by atoms with van der Waals surface area (Å²) in [6.45, 7) is -0.0830. The number of hydrogen-bond donors (Lipinski definition) is 0. The molecule has 0 bridgehead atoms. The molecule has 1 atom stereocenters. The minimum atomic E-state index is -4.38. The highest BCUT2D eigenvalue weighted by Crippen LogP contribution is 2.33. The maximum atomic E-state index is 12.5. The molecule has 26 heavy (non-hydrogen) atoms. The van der Waals surface area contributed by atoms with Gasteiger partial charge in [0.25, 0.3) is 0 Å². The van der Waals surface area contributed by atoms with E-state index in [2.05, 4.69) is 6.07 Å². The van der Waals surface area contributed by atoms with Gasteiger partial charge in [-0.25, -0.2) is 0 Å². The Morgan fingerprint density at radius 2 is 1.77 bits per heavy atom. The van der Waals surface area contributed by atoms with Crippen LogP contribution in [0.4, 0.5) is 13.2 Å². The van der Waals surface area contributed by atoms with E-state index in [1.165, 1.54) is 12.6 Å². The molecular formula is C20H21F3N2O. The summed E-state index contributed by atoms with van der Waals surface area (Å²) >= 11 is 0. The smallest absolute Gasteiger partial charge is 0.336 e. The summed E-state index contributed by atoms with van der Waals surface area (Å²) in [5, 5.41) is 0. The van der Waals surface area contributed by atoms with Crippen molar-refractivity contribution in [2.75, 3.05) is 26.7 Å². The maximum Gasteiger partial charge on any atom is 0.406 e. The van der Waals surface area contributed by atoms with Gasteiger partial charge in [-0.3, -0.25) is 9.69 Å². The van der Waals surface area contributed by atoms with E-state index < -0.39 is 18.6 Å². The molecule has 6 heteroatoms. The zero-order valence-corrected chi connectivity index (χ0v) is 14.5. The average Bonchev–Trinajstić information content (AvgIpc) is 2.60. The van der Waals surface area contributed by atoms with E-state index in [-0.39, 0.29) is 12.5 Å². The highest BCUT2D eigenvalue weighted by Gasteiger charge is 2.33. The number of rotatable bonds is 4. The van der Waals surface area contributed by atoms with Crippen LogP contribution in [0.25, 0.3) is 0 Å². The SMILES string of the molecule is CN(CC(F)(F)F)C(=O)CN1Cc2ccccc2[C@@H](c2ccccc2)C1. The maximum absolute atomic E-state index is 12.5. The van der Waals surface area contributed by atoms with Gasteiger partial charge in [0.1, 0.15) is 6.54 Å². The molecule has 0 N–H and O–H groups in total. The minimum Gasteiger partial charge on any atom is -0.336 e. The van der Waals surface area contributed by atoms with E-state index in [0.717, 1.165) is 16.0 Å². The molecule has 0 saturated carbocycles. The van der Waals surface area contributed by atoms with Gasteiger partial charge < -0.3 is 4.90 Å². The quantitative estimate of drug-likeness (QED) is 0.829. The number of alkyl halides is 3. The number of carbonyl (C=O) groups is 1. The summed E-state index contributed by atoms with van der Waals surface area (Å²) in [4.78, 5) is 14.9. The van der Waals surface area contributed by atoms with Gasteiger partial charge >= 0.3 is 6.18 Å². The van der Waals surface area contributed by atoms with E-state index in [4.69, 9.17) is 0 Å². The lowest BCUT2D eigenvalue weighted by molar-refractivity contribution is -0.159. The standard InChI is InChI=1S/C20H21F3N2O/c1-24(14-20(21,22)23)19(26)13-25-11-16-9-5-6-10-17(16)18(12-25)15-7-3-2-4-8-15/h2-10,18H,11-14H2,1H3/t18-/m1/s1. The Morgan fingerprint density at radius 3 is 2.46 bits per heavy atom.